The third-order valence-electron chi connectivity index (χ3n) is 4.75. The highest BCUT2D eigenvalue weighted by atomic mass is 19.4. The van der Waals surface area contributed by atoms with E-state index in [0.717, 1.165) is 29.8 Å². The second-order valence-corrected chi connectivity index (χ2v) is 7.05. The van der Waals surface area contributed by atoms with Crippen molar-refractivity contribution in [2.45, 2.75) is 32.4 Å². The fourth-order valence-corrected chi connectivity index (χ4v) is 3.40. The van der Waals surface area contributed by atoms with Crippen molar-refractivity contribution < 1.29 is 32.1 Å². The van der Waals surface area contributed by atoms with Crippen molar-refractivity contribution in [2.75, 3.05) is 13.7 Å². The molecular weight excluding hydrogens is 413 g/mol. The van der Waals surface area contributed by atoms with Crippen molar-refractivity contribution in [3.05, 3.63) is 54.2 Å². The lowest BCUT2D eigenvalue weighted by Crippen LogP contribution is -2.17. The van der Waals surface area contributed by atoms with Crippen molar-refractivity contribution in [1.82, 2.24) is 9.78 Å². The minimum Gasteiger partial charge on any atom is -0.493 e. The number of halogens is 3. The van der Waals surface area contributed by atoms with E-state index in [-0.39, 0.29) is 12.0 Å². The summed E-state index contributed by atoms with van der Waals surface area (Å²) in [6.07, 6.45) is -3.32. The summed E-state index contributed by atoms with van der Waals surface area (Å²) in [7, 11) is 1.57. The maximum absolute atomic E-state index is 12.4. The Morgan fingerprint density at radius 2 is 1.84 bits per heavy atom. The average Bonchev–Trinajstić information content (AvgIpc) is 3.37. The Morgan fingerprint density at radius 1 is 1.06 bits per heavy atom. The number of aromatic nitrogens is 2. The first-order valence-electron chi connectivity index (χ1n) is 9.72. The molecular formula is C22H21F3N2O4. The standard InChI is InChI=1S/C22H21F3N2O4/c1-14-12-18(27(26-14)16-6-8-17(9-7-16)31-22(23,24)25)15-5-10-19(28-2)20(13-15)30-21-4-3-11-29-21/h5-10,12-13,21H,3-4,11H2,1-2H3. The predicted octanol–water partition coefficient (Wildman–Crippen LogP) is 5.27. The van der Waals surface area contributed by atoms with Crippen LogP contribution < -0.4 is 14.2 Å². The van der Waals surface area contributed by atoms with E-state index in [1.165, 1.54) is 24.3 Å². The van der Waals surface area contributed by atoms with Crippen LogP contribution in [0.15, 0.2) is 48.5 Å². The topological polar surface area (TPSA) is 54.7 Å². The molecule has 1 atom stereocenters. The third-order valence-corrected chi connectivity index (χ3v) is 4.75. The van der Waals surface area contributed by atoms with Gasteiger partial charge in [-0.2, -0.15) is 5.10 Å². The van der Waals surface area contributed by atoms with Crippen molar-refractivity contribution >= 4 is 0 Å². The smallest absolute Gasteiger partial charge is 0.493 e. The van der Waals surface area contributed by atoms with Gasteiger partial charge in [0.1, 0.15) is 5.75 Å². The van der Waals surface area contributed by atoms with Crippen LogP contribution in [0.2, 0.25) is 0 Å². The molecule has 164 valence electrons. The highest BCUT2D eigenvalue weighted by Gasteiger charge is 2.31. The average molecular weight is 434 g/mol. The predicted molar refractivity (Wildman–Crippen MR) is 107 cm³/mol. The fraction of sp³-hybridized carbons (Fsp3) is 0.318. The summed E-state index contributed by atoms with van der Waals surface area (Å²) in [4.78, 5) is 0. The second kappa shape index (κ2) is 8.50. The van der Waals surface area contributed by atoms with Crippen LogP contribution in [-0.4, -0.2) is 36.1 Å². The van der Waals surface area contributed by atoms with Crippen molar-refractivity contribution in [3.8, 4) is 34.2 Å². The molecule has 0 bridgehead atoms. The normalized spacial score (nSPS) is 16.4. The molecule has 0 spiro atoms. The Bertz CT molecular complexity index is 1040. The van der Waals surface area contributed by atoms with Crippen LogP contribution in [0.4, 0.5) is 13.2 Å². The number of benzene rings is 2. The van der Waals surface area contributed by atoms with Gasteiger partial charge in [-0.1, -0.05) is 0 Å². The molecule has 4 rings (SSSR count). The molecule has 0 saturated carbocycles. The fourth-order valence-electron chi connectivity index (χ4n) is 3.40. The number of nitrogens with zero attached hydrogens (tertiary/aromatic N) is 2. The number of aryl methyl sites for hydroxylation is 1. The lowest BCUT2D eigenvalue weighted by Gasteiger charge is -2.17. The molecule has 0 N–H and O–H groups in total. The molecule has 1 aliphatic heterocycles. The van der Waals surface area contributed by atoms with Gasteiger partial charge in [-0.05, 0) is 61.9 Å². The molecule has 31 heavy (non-hydrogen) atoms. The van der Waals surface area contributed by atoms with Gasteiger partial charge in [0.25, 0.3) is 0 Å². The van der Waals surface area contributed by atoms with Crippen molar-refractivity contribution in [1.29, 1.82) is 0 Å². The monoisotopic (exact) mass is 434 g/mol. The van der Waals surface area contributed by atoms with E-state index in [1.807, 2.05) is 25.1 Å². The number of ether oxygens (including phenoxy) is 4. The van der Waals surface area contributed by atoms with E-state index in [4.69, 9.17) is 14.2 Å². The number of methoxy groups -OCH3 is 1. The molecule has 2 heterocycles. The lowest BCUT2D eigenvalue weighted by molar-refractivity contribution is -0.274. The molecule has 0 amide bonds. The highest BCUT2D eigenvalue weighted by Crippen LogP contribution is 2.35. The maximum atomic E-state index is 12.4. The van der Waals surface area contributed by atoms with Gasteiger partial charge in [0.15, 0.2) is 17.8 Å². The molecule has 1 unspecified atom stereocenters. The van der Waals surface area contributed by atoms with Crippen LogP contribution in [-0.2, 0) is 4.74 Å². The van der Waals surface area contributed by atoms with Gasteiger partial charge in [-0.25, -0.2) is 4.68 Å². The van der Waals surface area contributed by atoms with E-state index in [0.29, 0.717) is 23.8 Å². The molecule has 1 aliphatic rings. The molecule has 9 heteroatoms. The van der Waals surface area contributed by atoms with E-state index >= 15 is 0 Å². The molecule has 1 fully saturated rings. The Morgan fingerprint density at radius 3 is 2.48 bits per heavy atom. The summed E-state index contributed by atoms with van der Waals surface area (Å²) in [5.74, 6) is 0.834. The first-order valence-corrected chi connectivity index (χ1v) is 9.72. The SMILES string of the molecule is COc1ccc(-c2cc(C)nn2-c2ccc(OC(F)(F)F)cc2)cc1OC1CCCO1. The largest absolute Gasteiger partial charge is 0.573 e. The van der Waals surface area contributed by atoms with Crippen molar-refractivity contribution in [3.63, 3.8) is 0 Å². The number of hydrogen-bond acceptors (Lipinski definition) is 5. The quantitative estimate of drug-likeness (QED) is 0.529. The highest BCUT2D eigenvalue weighted by molar-refractivity contribution is 5.66. The summed E-state index contributed by atoms with van der Waals surface area (Å²) in [6.45, 7) is 2.50. The molecule has 0 radical (unpaired) electrons. The zero-order valence-electron chi connectivity index (χ0n) is 17.0. The molecule has 2 aromatic carbocycles. The van der Waals surface area contributed by atoms with E-state index in [1.54, 1.807) is 17.9 Å². The summed E-state index contributed by atoms with van der Waals surface area (Å²) in [6, 6.07) is 12.9. The summed E-state index contributed by atoms with van der Waals surface area (Å²) < 4.78 is 59.8. The van der Waals surface area contributed by atoms with Crippen LogP contribution in [0.5, 0.6) is 17.2 Å². The number of hydrogen-bond donors (Lipinski definition) is 0. The Kier molecular flexibility index (Phi) is 5.77. The molecule has 3 aromatic rings. The zero-order valence-corrected chi connectivity index (χ0v) is 17.0. The van der Waals surface area contributed by atoms with Crippen LogP contribution in [0.25, 0.3) is 16.9 Å². The van der Waals surface area contributed by atoms with Gasteiger partial charge < -0.3 is 18.9 Å². The van der Waals surface area contributed by atoms with Crippen LogP contribution >= 0.6 is 0 Å². The van der Waals surface area contributed by atoms with Gasteiger partial charge in [0, 0.05) is 12.0 Å². The lowest BCUT2D eigenvalue weighted by atomic mass is 10.1. The Hall–Kier alpha value is -3.20. The van der Waals surface area contributed by atoms with Gasteiger partial charge >= 0.3 is 6.36 Å². The Balaban J connectivity index is 1.66. The van der Waals surface area contributed by atoms with Gasteiger partial charge in [-0.15, -0.1) is 13.2 Å². The first kappa shape index (κ1) is 21.0. The van der Waals surface area contributed by atoms with Crippen molar-refractivity contribution in [2.24, 2.45) is 0 Å². The first-order chi connectivity index (χ1) is 14.8. The van der Waals surface area contributed by atoms with Crippen LogP contribution in [0, 0.1) is 6.92 Å². The molecule has 1 aromatic heterocycles. The summed E-state index contributed by atoms with van der Waals surface area (Å²) in [5, 5.41) is 4.49. The Labute approximate surface area is 177 Å². The minimum atomic E-state index is -4.74. The van der Waals surface area contributed by atoms with E-state index < -0.39 is 6.36 Å². The van der Waals surface area contributed by atoms with Crippen LogP contribution in [0.3, 0.4) is 0 Å². The number of rotatable bonds is 6. The van der Waals surface area contributed by atoms with Crippen LogP contribution in [0.1, 0.15) is 18.5 Å². The zero-order chi connectivity index (χ0) is 22.0. The van der Waals surface area contributed by atoms with E-state index in [9.17, 15) is 13.2 Å². The van der Waals surface area contributed by atoms with Gasteiger partial charge in [-0.3, -0.25) is 0 Å². The van der Waals surface area contributed by atoms with Gasteiger partial charge in [0.05, 0.1) is 30.8 Å². The van der Waals surface area contributed by atoms with Gasteiger partial charge in [0.2, 0.25) is 0 Å². The minimum absolute atomic E-state index is 0.293. The molecule has 6 nitrogen and oxygen atoms in total. The maximum Gasteiger partial charge on any atom is 0.573 e. The second-order valence-electron chi connectivity index (χ2n) is 7.05. The van der Waals surface area contributed by atoms with E-state index in [2.05, 4.69) is 9.84 Å². The summed E-state index contributed by atoms with van der Waals surface area (Å²) >= 11 is 0. The molecule has 1 saturated heterocycles. The summed E-state index contributed by atoms with van der Waals surface area (Å²) in [5.41, 5.74) is 2.91. The number of alkyl halides is 3. The third kappa shape index (κ3) is 4.93. The molecule has 0 aliphatic carbocycles.